The molecule has 3 aromatic carbocycles. The monoisotopic (exact) mass is 319 g/mol. The van der Waals surface area contributed by atoms with Crippen molar-refractivity contribution in [3.63, 3.8) is 0 Å². The Morgan fingerprint density at radius 1 is 0.667 bits per heavy atom. The Morgan fingerprint density at radius 3 is 1.67 bits per heavy atom. The van der Waals surface area contributed by atoms with E-state index < -0.39 is 0 Å². The first kappa shape index (κ1) is 15.9. The number of para-hydroxylation sites is 1. The molecule has 3 aromatic rings. The van der Waals surface area contributed by atoms with Crippen LogP contribution in [-0.2, 0) is 0 Å². The van der Waals surface area contributed by atoms with Gasteiger partial charge in [-0.15, -0.1) is 0 Å². The molecule has 0 N–H and O–H groups in total. The van der Waals surface area contributed by atoms with Crippen molar-refractivity contribution in [2.75, 3.05) is 18.6 Å². The minimum absolute atomic E-state index is 0.667. The SMILES string of the molecule is CCOc1ccc(N(c2ccccc2)c2ccc(OC)cc2)cc1. The van der Waals surface area contributed by atoms with E-state index in [1.54, 1.807) is 7.11 Å². The molecule has 0 aliphatic heterocycles. The van der Waals surface area contributed by atoms with Crippen molar-refractivity contribution in [3.05, 3.63) is 78.9 Å². The van der Waals surface area contributed by atoms with Crippen molar-refractivity contribution < 1.29 is 9.47 Å². The molecule has 0 saturated heterocycles. The Hall–Kier alpha value is -2.94. The second-order valence-corrected chi connectivity index (χ2v) is 5.30. The van der Waals surface area contributed by atoms with Gasteiger partial charge in [-0.2, -0.15) is 0 Å². The number of hydrogen-bond acceptors (Lipinski definition) is 3. The van der Waals surface area contributed by atoms with Crippen molar-refractivity contribution in [3.8, 4) is 11.5 Å². The zero-order chi connectivity index (χ0) is 16.8. The van der Waals surface area contributed by atoms with Crippen LogP contribution in [0.4, 0.5) is 17.1 Å². The van der Waals surface area contributed by atoms with Gasteiger partial charge in [-0.25, -0.2) is 0 Å². The van der Waals surface area contributed by atoms with Crippen molar-refractivity contribution >= 4 is 17.1 Å². The molecule has 0 unspecified atom stereocenters. The Balaban J connectivity index is 2.01. The van der Waals surface area contributed by atoms with Crippen LogP contribution < -0.4 is 14.4 Å². The number of methoxy groups -OCH3 is 1. The molecule has 0 aliphatic carbocycles. The van der Waals surface area contributed by atoms with Gasteiger partial charge < -0.3 is 14.4 Å². The van der Waals surface area contributed by atoms with Crippen LogP contribution in [0.3, 0.4) is 0 Å². The molecule has 0 fully saturated rings. The van der Waals surface area contributed by atoms with E-state index in [1.807, 2.05) is 49.4 Å². The zero-order valence-corrected chi connectivity index (χ0v) is 14.0. The highest BCUT2D eigenvalue weighted by Gasteiger charge is 2.12. The quantitative estimate of drug-likeness (QED) is 0.593. The minimum atomic E-state index is 0.667. The highest BCUT2D eigenvalue weighted by Crippen LogP contribution is 2.35. The summed E-state index contributed by atoms with van der Waals surface area (Å²) < 4.78 is 10.8. The average Bonchev–Trinajstić information content (AvgIpc) is 2.65. The summed E-state index contributed by atoms with van der Waals surface area (Å²) in [5.74, 6) is 1.72. The van der Waals surface area contributed by atoms with E-state index in [-0.39, 0.29) is 0 Å². The lowest BCUT2D eigenvalue weighted by Gasteiger charge is -2.25. The number of nitrogens with zero attached hydrogens (tertiary/aromatic N) is 1. The average molecular weight is 319 g/mol. The summed E-state index contributed by atoms with van der Waals surface area (Å²) in [4.78, 5) is 2.20. The maximum atomic E-state index is 5.55. The second-order valence-electron chi connectivity index (χ2n) is 5.30. The van der Waals surface area contributed by atoms with Crippen LogP contribution in [0, 0.1) is 0 Å². The summed E-state index contributed by atoms with van der Waals surface area (Å²) in [5, 5.41) is 0. The fourth-order valence-corrected chi connectivity index (χ4v) is 2.61. The third-order valence-corrected chi connectivity index (χ3v) is 3.75. The topological polar surface area (TPSA) is 21.7 Å². The van der Waals surface area contributed by atoms with Crippen molar-refractivity contribution in [1.82, 2.24) is 0 Å². The molecule has 0 aliphatic rings. The summed E-state index contributed by atoms with van der Waals surface area (Å²) in [6.07, 6.45) is 0. The first-order valence-electron chi connectivity index (χ1n) is 8.04. The second kappa shape index (κ2) is 7.55. The van der Waals surface area contributed by atoms with Crippen LogP contribution in [0.5, 0.6) is 11.5 Å². The predicted octanol–water partition coefficient (Wildman–Crippen LogP) is 5.56. The van der Waals surface area contributed by atoms with Crippen LogP contribution in [0.1, 0.15) is 6.92 Å². The van der Waals surface area contributed by atoms with Crippen molar-refractivity contribution in [1.29, 1.82) is 0 Å². The molecule has 24 heavy (non-hydrogen) atoms. The molecule has 3 heteroatoms. The largest absolute Gasteiger partial charge is 0.497 e. The Labute approximate surface area is 143 Å². The van der Waals surface area contributed by atoms with Gasteiger partial charge in [0.1, 0.15) is 11.5 Å². The number of benzene rings is 3. The molecule has 0 atom stereocenters. The number of anilines is 3. The summed E-state index contributed by atoms with van der Waals surface area (Å²) in [6.45, 7) is 2.65. The smallest absolute Gasteiger partial charge is 0.119 e. The summed E-state index contributed by atoms with van der Waals surface area (Å²) >= 11 is 0. The van der Waals surface area contributed by atoms with E-state index in [0.717, 1.165) is 28.6 Å². The molecular weight excluding hydrogens is 298 g/mol. The minimum Gasteiger partial charge on any atom is -0.497 e. The third kappa shape index (κ3) is 3.51. The lowest BCUT2D eigenvalue weighted by atomic mass is 10.2. The fraction of sp³-hybridized carbons (Fsp3) is 0.143. The van der Waals surface area contributed by atoms with E-state index in [4.69, 9.17) is 9.47 Å². The van der Waals surface area contributed by atoms with Crippen LogP contribution >= 0.6 is 0 Å². The van der Waals surface area contributed by atoms with E-state index >= 15 is 0 Å². The van der Waals surface area contributed by atoms with E-state index in [1.165, 1.54) is 0 Å². The Morgan fingerprint density at radius 2 is 1.17 bits per heavy atom. The molecule has 3 rings (SSSR count). The van der Waals surface area contributed by atoms with Gasteiger partial charge in [0, 0.05) is 17.1 Å². The van der Waals surface area contributed by atoms with Gasteiger partial charge >= 0.3 is 0 Å². The third-order valence-electron chi connectivity index (χ3n) is 3.75. The maximum absolute atomic E-state index is 5.55. The van der Waals surface area contributed by atoms with Gasteiger partial charge in [-0.05, 0) is 67.6 Å². The maximum Gasteiger partial charge on any atom is 0.119 e. The van der Waals surface area contributed by atoms with Crippen molar-refractivity contribution in [2.24, 2.45) is 0 Å². The number of ether oxygens (including phenoxy) is 2. The summed E-state index contributed by atoms with van der Waals surface area (Å²) in [6, 6.07) is 26.5. The van der Waals surface area contributed by atoms with Gasteiger partial charge in [0.25, 0.3) is 0 Å². The zero-order valence-electron chi connectivity index (χ0n) is 14.0. The predicted molar refractivity (Wildman–Crippen MR) is 98.8 cm³/mol. The molecule has 0 heterocycles. The molecule has 0 spiro atoms. The van der Waals surface area contributed by atoms with Crippen LogP contribution in [-0.4, -0.2) is 13.7 Å². The first-order valence-corrected chi connectivity index (χ1v) is 8.04. The van der Waals surface area contributed by atoms with Gasteiger partial charge in [0.2, 0.25) is 0 Å². The molecule has 122 valence electrons. The molecule has 0 saturated carbocycles. The Kier molecular flexibility index (Phi) is 5.02. The van der Waals surface area contributed by atoms with Gasteiger partial charge in [-0.3, -0.25) is 0 Å². The molecule has 0 amide bonds. The molecule has 0 radical (unpaired) electrons. The first-order chi connectivity index (χ1) is 11.8. The van der Waals surface area contributed by atoms with E-state index in [2.05, 4.69) is 41.3 Å². The number of rotatable bonds is 6. The lowest BCUT2D eigenvalue weighted by molar-refractivity contribution is 0.340. The highest BCUT2D eigenvalue weighted by molar-refractivity contribution is 5.76. The normalized spacial score (nSPS) is 10.2. The van der Waals surface area contributed by atoms with E-state index in [9.17, 15) is 0 Å². The van der Waals surface area contributed by atoms with E-state index in [0.29, 0.717) is 6.61 Å². The van der Waals surface area contributed by atoms with Crippen LogP contribution in [0.2, 0.25) is 0 Å². The lowest BCUT2D eigenvalue weighted by Crippen LogP contribution is -2.09. The standard InChI is InChI=1S/C21H21NO2/c1-3-24-21-15-11-19(12-16-21)22(17-7-5-4-6-8-17)18-9-13-20(23-2)14-10-18/h4-16H,3H2,1-2H3. The Bertz CT molecular complexity index is 752. The molecule has 0 aromatic heterocycles. The summed E-state index contributed by atoms with van der Waals surface area (Å²) in [5.41, 5.74) is 3.26. The van der Waals surface area contributed by atoms with Gasteiger partial charge in [-0.1, -0.05) is 18.2 Å². The molecule has 0 bridgehead atoms. The summed E-state index contributed by atoms with van der Waals surface area (Å²) in [7, 11) is 1.68. The van der Waals surface area contributed by atoms with Gasteiger partial charge in [0.05, 0.1) is 13.7 Å². The molecule has 3 nitrogen and oxygen atoms in total. The number of hydrogen-bond donors (Lipinski definition) is 0. The van der Waals surface area contributed by atoms with Crippen LogP contribution in [0.25, 0.3) is 0 Å². The van der Waals surface area contributed by atoms with Gasteiger partial charge in [0.15, 0.2) is 0 Å². The fourth-order valence-electron chi connectivity index (χ4n) is 2.61. The van der Waals surface area contributed by atoms with Crippen molar-refractivity contribution in [2.45, 2.75) is 6.92 Å². The van der Waals surface area contributed by atoms with Crippen LogP contribution in [0.15, 0.2) is 78.9 Å². The molecular formula is C21H21NO2. The highest BCUT2D eigenvalue weighted by atomic mass is 16.5.